The van der Waals surface area contributed by atoms with Crippen molar-refractivity contribution in [3.05, 3.63) is 28.3 Å². The standard InChI is InChI=1S/C14H23N3O2/c1-10(14(2,3)4)16(6)12-7-11(15-5)8-13(9-12)17(18)19/h7-10,15H,1-6H3. The Morgan fingerprint density at radius 2 is 1.89 bits per heavy atom. The van der Waals surface area contributed by atoms with Crippen molar-refractivity contribution in [1.82, 2.24) is 0 Å². The average Bonchev–Trinajstić information content (AvgIpc) is 2.35. The van der Waals surface area contributed by atoms with Gasteiger partial charge in [0.1, 0.15) is 0 Å². The second-order valence-corrected chi connectivity index (χ2v) is 5.90. The summed E-state index contributed by atoms with van der Waals surface area (Å²) < 4.78 is 0. The third kappa shape index (κ3) is 3.59. The normalized spacial score (nSPS) is 12.9. The molecule has 0 fully saturated rings. The molecule has 0 aliphatic carbocycles. The van der Waals surface area contributed by atoms with Crippen molar-refractivity contribution in [3.63, 3.8) is 0 Å². The van der Waals surface area contributed by atoms with Crippen LogP contribution in [0.2, 0.25) is 0 Å². The van der Waals surface area contributed by atoms with E-state index in [0.29, 0.717) is 0 Å². The molecule has 106 valence electrons. The maximum Gasteiger partial charge on any atom is 0.273 e. The Morgan fingerprint density at radius 1 is 1.32 bits per heavy atom. The Kier molecular flexibility index (Phi) is 4.39. The number of nitrogens with zero attached hydrogens (tertiary/aromatic N) is 2. The van der Waals surface area contributed by atoms with Gasteiger partial charge in [-0.05, 0) is 18.4 Å². The van der Waals surface area contributed by atoms with Gasteiger partial charge in [0, 0.05) is 43.6 Å². The van der Waals surface area contributed by atoms with E-state index in [0.717, 1.165) is 11.4 Å². The third-order valence-corrected chi connectivity index (χ3v) is 3.64. The Morgan fingerprint density at radius 3 is 2.32 bits per heavy atom. The molecule has 0 radical (unpaired) electrons. The van der Waals surface area contributed by atoms with Crippen LogP contribution in [0.4, 0.5) is 17.1 Å². The van der Waals surface area contributed by atoms with Crippen LogP contribution in [0.15, 0.2) is 18.2 Å². The first-order valence-electron chi connectivity index (χ1n) is 6.37. The molecule has 0 amide bonds. The summed E-state index contributed by atoms with van der Waals surface area (Å²) in [5.41, 5.74) is 1.80. The smallest absolute Gasteiger partial charge is 0.273 e. The molecular weight excluding hydrogens is 242 g/mol. The Hall–Kier alpha value is -1.78. The van der Waals surface area contributed by atoms with Crippen LogP contribution < -0.4 is 10.2 Å². The van der Waals surface area contributed by atoms with Crippen LogP contribution in [-0.4, -0.2) is 25.1 Å². The molecule has 5 heteroatoms. The van der Waals surface area contributed by atoms with Gasteiger partial charge in [-0.2, -0.15) is 0 Å². The molecule has 1 rings (SSSR count). The summed E-state index contributed by atoms with van der Waals surface area (Å²) in [6.07, 6.45) is 0. The Balaban J connectivity index is 3.19. The predicted molar refractivity (Wildman–Crippen MR) is 80.0 cm³/mol. The highest BCUT2D eigenvalue weighted by atomic mass is 16.6. The van der Waals surface area contributed by atoms with Crippen molar-refractivity contribution >= 4 is 17.1 Å². The Bertz CT molecular complexity index is 466. The molecule has 19 heavy (non-hydrogen) atoms. The molecule has 0 aliphatic rings. The van der Waals surface area contributed by atoms with Crippen molar-refractivity contribution in [2.45, 2.75) is 33.7 Å². The van der Waals surface area contributed by atoms with Crippen LogP contribution in [0, 0.1) is 15.5 Å². The largest absolute Gasteiger partial charge is 0.388 e. The molecule has 1 atom stereocenters. The number of rotatable bonds is 4. The molecule has 0 saturated heterocycles. The molecule has 0 aromatic heterocycles. The van der Waals surface area contributed by atoms with Gasteiger partial charge in [-0.25, -0.2) is 0 Å². The second-order valence-electron chi connectivity index (χ2n) is 5.90. The molecule has 1 unspecified atom stereocenters. The van der Waals surface area contributed by atoms with Crippen LogP contribution in [0.5, 0.6) is 0 Å². The number of nitro benzene ring substituents is 1. The van der Waals surface area contributed by atoms with E-state index < -0.39 is 0 Å². The molecule has 1 aromatic rings. The van der Waals surface area contributed by atoms with Crippen LogP contribution in [0.1, 0.15) is 27.7 Å². The highest BCUT2D eigenvalue weighted by Gasteiger charge is 2.25. The molecule has 0 aliphatic heterocycles. The first kappa shape index (κ1) is 15.3. The Labute approximate surface area is 114 Å². The number of nitro groups is 1. The van der Waals surface area contributed by atoms with Gasteiger partial charge >= 0.3 is 0 Å². The number of benzene rings is 1. The van der Waals surface area contributed by atoms with Gasteiger partial charge in [0.15, 0.2) is 0 Å². The quantitative estimate of drug-likeness (QED) is 0.668. The summed E-state index contributed by atoms with van der Waals surface area (Å²) in [5.74, 6) is 0. The summed E-state index contributed by atoms with van der Waals surface area (Å²) >= 11 is 0. The van der Waals surface area contributed by atoms with Gasteiger partial charge in [-0.3, -0.25) is 10.1 Å². The van der Waals surface area contributed by atoms with Gasteiger partial charge in [0.25, 0.3) is 5.69 Å². The fourth-order valence-corrected chi connectivity index (χ4v) is 1.85. The maximum absolute atomic E-state index is 11.0. The molecule has 0 heterocycles. The van der Waals surface area contributed by atoms with Crippen molar-refractivity contribution in [1.29, 1.82) is 0 Å². The minimum Gasteiger partial charge on any atom is -0.388 e. The molecule has 0 saturated carbocycles. The van der Waals surface area contributed by atoms with Gasteiger partial charge < -0.3 is 10.2 Å². The molecule has 1 N–H and O–H groups in total. The first-order valence-corrected chi connectivity index (χ1v) is 6.37. The van der Waals surface area contributed by atoms with E-state index in [1.54, 1.807) is 19.2 Å². The minimum absolute atomic E-state index is 0.0964. The lowest BCUT2D eigenvalue weighted by molar-refractivity contribution is -0.384. The highest BCUT2D eigenvalue weighted by molar-refractivity contribution is 5.64. The summed E-state index contributed by atoms with van der Waals surface area (Å²) in [6, 6.07) is 5.34. The summed E-state index contributed by atoms with van der Waals surface area (Å²) in [4.78, 5) is 12.7. The lowest BCUT2D eigenvalue weighted by atomic mass is 9.87. The van der Waals surface area contributed by atoms with Crippen LogP contribution in [0.3, 0.4) is 0 Å². The maximum atomic E-state index is 11.0. The molecule has 0 bridgehead atoms. The molecular formula is C14H23N3O2. The van der Waals surface area contributed by atoms with Gasteiger partial charge in [0.2, 0.25) is 0 Å². The summed E-state index contributed by atoms with van der Waals surface area (Å²) in [7, 11) is 3.73. The zero-order chi connectivity index (χ0) is 14.8. The van der Waals surface area contributed by atoms with Crippen LogP contribution >= 0.6 is 0 Å². The monoisotopic (exact) mass is 265 g/mol. The van der Waals surface area contributed by atoms with Crippen molar-refractivity contribution in [2.24, 2.45) is 5.41 Å². The summed E-state index contributed by atoms with van der Waals surface area (Å²) in [5, 5.41) is 13.9. The number of non-ortho nitro benzene ring substituents is 1. The van der Waals surface area contributed by atoms with E-state index in [1.165, 1.54) is 0 Å². The van der Waals surface area contributed by atoms with Crippen molar-refractivity contribution in [3.8, 4) is 0 Å². The average molecular weight is 265 g/mol. The van der Waals surface area contributed by atoms with E-state index in [9.17, 15) is 10.1 Å². The highest BCUT2D eigenvalue weighted by Crippen LogP contribution is 2.31. The zero-order valence-corrected chi connectivity index (χ0v) is 12.5. The van der Waals surface area contributed by atoms with Gasteiger partial charge in [-0.15, -0.1) is 0 Å². The fourth-order valence-electron chi connectivity index (χ4n) is 1.85. The van der Waals surface area contributed by atoms with E-state index in [4.69, 9.17) is 0 Å². The van der Waals surface area contributed by atoms with E-state index >= 15 is 0 Å². The molecule has 1 aromatic carbocycles. The van der Waals surface area contributed by atoms with Gasteiger partial charge in [-0.1, -0.05) is 20.8 Å². The fraction of sp³-hybridized carbons (Fsp3) is 0.571. The minimum atomic E-state index is -0.361. The number of hydrogen-bond acceptors (Lipinski definition) is 4. The first-order chi connectivity index (χ1) is 8.66. The van der Waals surface area contributed by atoms with E-state index in [1.807, 2.05) is 13.1 Å². The molecule has 0 spiro atoms. The van der Waals surface area contributed by atoms with Crippen molar-refractivity contribution in [2.75, 3.05) is 24.3 Å². The third-order valence-electron chi connectivity index (χ3n) is 3.64. The second kappa shape index (κ2) is 5.47. The SMILES string of the molecule is CNc1cc(N(C)C(C)C(C)(C)C)cc([N+](=O)[O-])c1. The zero-order valence-electron chi connectivity index (χ0n) is 12.5. The van der Waals surface area contributed by atoms with Crippen LogP contribution in [-0.2, 0) is 0 Å². The number of nitrogens with one attached hydrogen (secondary N) is 1. The number of anilines is 2. The lowest BCUT2D eigenvalue weighted by Crippen LogP contribution is -2.39. The van der Waals surface area contributed by atoms with Gasteiger partial charge in [0.05, 0.1) is 4.92 Å². The molecule has 5 nitrogen and oxygen atoms in total. The topological polar surface area (TPSA) is 58.4 Å². The summed E-state index contributed by atoms with van der Waals surface area (Å²) in [6.45, 7) is 8.59. The lowest BCUT2D eigenvalue weighted by Gasteiger charge is -2.37. The van der Waals surface area contributed by atoms with Crippen molar-refractivity contribution < 1.29 is 4.92 Å². The van der Waals surface area contributed by atoms with E-state index in [2.05, 4.69) is 37.9 Å². The van der Waals surface area contributed by atoms with Crippen LogP contribution in [0.25, 0.3) is 0 Å². The number of hydrogen-bond donors (Lipinski definition) is 1. The van der Waals surface area contributed by atoms with E-state index in [-0.39, 0.29) is 22.1 Å². The predicted octanol–water partition coefficient (Wildman–Crippen LogP) is 3.51.